The Kier molecular flexibility index (Phi) is 4.04. The highest BCUT2D eigenvalue weighted by Crippen LogP contribution is 2.31. The van der Waals surface area contributed by atoms with Gasteiger partial charge in [-0.2, -0.15) is 0 Å². The average Bonchev–Trinajstić information content (AvgIpc) is 2.37. The molecule has 18 heavy (non-hydrogen) atoms. The van der Waals surface area contributed by atoms with Gasteiger partial charge in [-0.05, 0) is 19.1 Å². The van der Waals surface area contributed by atoms with E-state index in [9.17, 15) is 4.79 Å². The highest BCUT2D eigenvalue weighted by Gasteiger charge is 2.08. The van der Waals surface area contributed by atoms with E-state index in [0.29, 0.717) is 6.61 Å². The molecule has 94 valence electrons. The number of fused-ring (bicyclic) bond motifs is 1. The summed E-state index contributed by atoms with van der Waals surface area (Å²) >= 11 is 1.29. The molecule has 5 heteroatoms. The van der Waals surface area contributed by atoms with E-state index < -0.39 is 5.97 Å². The fourth-order valence-corrected chi connectivity index (χ4v) is 2.42. The number of thioether (sulfide) groups is 1. The molecule has 0 spiro atoms. The number of carbonyl (C=O) groups is 1. The monoisotopic (exact) mass is 263 g/mol. The molecule has 0 aliphatic rings. The Morgan fingerprint density at radius 1 is 1.44 bits per heavy atom. The van der Waals surface area contributed by atoms with Crippen LogP contribution in [0.15, 0.2) is 35.4 Å². The standard InChI is InChI=1S/C13H13NO3S/c1-2-17-10-5-3-4-9-11(18-8-12(15)16)6-7-14-13(9)10/h3-7H,2,8H2,1H3,(H,15,16). The summed E-state index contributed by atoms with van der Waals surface area (Å²) in [5.74, 6) is -0.0588. The Labute approximate surface area is 109 Å². The van der Waals surface area contributed by atoms with Crippen molar-refractivity contribution in [3.8, 4) is 5.75 Å². The summed E-state index contributed by atoms with van der Waals surface area (Å²) in [7, 11) is 0. The number of benzene rings is 1. The number of nitrogens with zero attached hydrogens (tertiary/aromatic N) is 1. The third kappa shape index (κ3) is 2.73. The van der Waals surface area contributed by atoms with Crippen molar-refractivity contribution >= 4 is 28.6 Å². The van der Waals surface area contributed by atoms with Crippen LogP contribution < -0.4 is 4.74 Å². The third-order valence-corrected chi connectivity index (χ3v) is 3.40. The molecule has 0 amide bonds. The van der Waals surface area contributed by atoms with Crippen LogP contribution in [0.1, 0.15) is 6.92 Å². The smallest absolute Gasteiger partial charge is 0.313 e. The van der Waals surface area contributed by atoms with Crippen LogP contribution in [0.4, 0.5) is 0 Å². The van der Waals surface area contributed by atoms with Gasteiger partial charge in [-0.3, -0.25) is 9.78 Å². The van der Waals surface area contributed by atoms with Crippen LogP contribution in [-0.2, 0) is 4.79 Å². The normalized spacial score (nSPS) is 10.5. The molecule has 1 heterocycles. The number of carboxylic acids is 1. The van der Waals surface area contributed by atoms with Crippen molar-refractivity contribution in [2.45, 2.75) is 11.8 Å². The highest BCUT2D eigenvalue weighted by molar-refractivity contribution is 8.00. The molecule has 0 unspecified atom stereocenters. The molecule has 0 saturated heterocycles. The van der Waals surface area contributed by atoms with Crippen molar-refractivity contribution in [1.29, 1.82) is 0 Å². The third-order valence-electron chi connectivity index (χ3n) is 2.34. The summed E-state index contributed by atoms with van der Waals surface area (Å²) in [6, 6.07) is 7.50. The zero-order chi connectivity index (χ0) is 13.0. The van der Waals surface area contributed by atoms with E-state index in [2.05, 4.69) is 4.98 Å². The van der Waals surface area contributed by atoms with Crippen LogP contribution in [0, 0.1) is 0 Å². The molecule has 0 aliphatic heterocycles. The summed E-state index contributed by atoms with van der Waals surface area (Å²) in [6.45, 7) is 2.50. The summed E-state index contributed by atoms with van der Waals surface area (Å²) < 4.78 is 5.51. The summed E-state index contributed by atoms with van der Waals surface area (Å²) in [6.07, 6.45) is 1.68. The highest BCUT2D eigenvalue weighted by atomic mass is 32.2. The molecule has 0 bridgehead atoms. The van der Waals surface area contributed by atoms with Crippen LogP contribution in [0.5, 0.6) is 5.75 Å². The van der Waals surface area contributed by atoms with E-state index in [-0.39, 0.29) is 5.75 Å². The molecular weight excluding hydrogens is 250 g/mol. The van der Waals surface area contributed by atoms with Gasteiger partial charge in [0.05, 0.1) is 12.4 Å². The van der Waals surface area contributed by atoms with Gasteiger partial charge in [-0.1, -0.05) is 12.1 Å². The molecule has 2 rings (SSSR count). The second-order valence-corrected chi connectivity index (χ2v) is 4.59. The number of rotatable bonds is 5. The van der Waals surface area contributed by atoms with Gasteiger partial charge in [-0.15, -0.1) is 11.8 Å². The predicted molar refractivity (Wildman–Crippen MR) is 71.3 cm³/mol. The van der Waals surface area contributed by atoms with Crippen molar-refractivity contribution in [3.05, 3.63) is 30.5 Å². The van der Waals surface area contributed by atoms with E-state index in [1.54, 1.807) is 6.20 Å². The average molecular weight is 263 g/mol. The summed E-state index contributed by atoms with van der Waals surface area (Å²) in [4.78, 5) is 15.8. The van der Waals surface area contributed by atoms with E-state index in [0.717, 1.165) is 21.5 Å². The first kappa shape index (κ1) is 12.7. The topological polar surface area (TPSA) is 59.4 Å². The maximum Gasteiger partial charge on any atom is 0.313 e. The molecule has 0 atom stereocenters. The first-order valence-corrected chi connectivity index (χ1v) is 6.56. The van der Waals surface area contributed by atoms with Crippen molar-refractivity contribution < 1.29 is 14.6 Å². The van der Waals surface area contributed by atoms with E-state index in [1.807, 2.05) is 31.2 Å². The van der Waals surface area contributed by atoms with Crippen LogP contribution in [0.3, 0.4) is 0 Å². The zero-order valence-corrected chi connectivity index (χ0v) is 10.7. The molecule has 1 N–H and O–H groups in total. The lowest BCUT2D eigenvalue weighted by molar-refractivity contribution is -0.133. The number of ether oxygens (including phenoxy) is 1. The van der Waals surface area contributed by atoms with Crippen LogP contribution in [-0.4, -0.2) is 28.4 Å². The number of carboxylic acid groups (broad SMARTS) is 1. The maximum absolute atomic E-state index is 10.6. The van der Waals surface area contributed by atoms with Gasteiger partial charge >= 0.3 is 5.97 Å². The molecule has 0 radical (unpaired) electrons. The van der Waals surface area contributed by atoms with Gasteiger partial charge in [0.1, 0.15) is 11.3 Å². The molecule has 2 aromatic rings. The van der Waals surface area contributed by atoms with Gasteiger partial charge in [0.2, 0.25) is 0 Å². The fraction of sp³-hybridized carbons (Fsp3) is 0.231. The van der Waals surface area contributed by atoms with Crippen molar-refractivity contribution in [3.63, 3.8) is 0 Å². The Morgan fingerprint density at radius 2 is 2.28 bits per heavy atom. The first-order chi connectivity index (χ1) is 8.72. The summed E-state index contributed by atoms with van der Waals surface area (Å²) in [5.41, 5.74) is 0.773. The molecule has 1 aromatic carbocycles. The lowest BCUT2D eigenvalue weighted by atomic mass is 10.2. The second-order valence-electron chi connectivity index (χ2n) is 3.58. The Hall–Kier alpha value is -1.75. The number of para-hydroxylation sites is 1. The van der Waals surface area contributed by atoms with Gasteiger partial charge in [-0.25, -0.2) is 0 Å². The Bertz CT molecular complexity index is 571. The van der Waals surface area contributed by atoms with Gasteiger partial charge in [0.15, 0.2) is 0 Å². The van der Waals surface area contributed by atoms with E-state index >= 15 is 0 Å². The molecule has 1 aromatic heterocycles. The SMILES string of the molecule is CCOc1cccc2c(SCC(=O)O)ccnc12. The minimum absolute atomic E-state index is 0.0397. The first-order valence-electron chi connectivity index (χ1n) is 5.57. The van der Waals surface area contributed by atoms with E-state index in [4.69, 9.17) is 9.84 Å². The van der Waals surface area contributed by atoms with Crippen LogP contribution in [0.2, 0.25) is 0 Å². The lowest BCUT2D eigenvalue weighted by Gasteiger charge is -2.09. The number of hydrogen-bond donors (Lipinski definition) is 1. The van der Waals surface area contributed by atoms with E-state index in [1.165, 1.54) is 11.8 Å². The number of hydrogen-bond acceptors (Lipinski definition) is 4. The lowest BCUT2D eigenvalue weighted by Crippen LogP contribution is -1.98. The molecule has 0 fully saturated rings. The second kappa shape index (κ2) is 5.73. The van der Waals surface area contributed by atoms with Gasteiger partial charge < -0.3 is 9.84 Å². The molecule has 4 nitrogen and oxygen atoms in total. The van der Waals surface area contributed by atoms with Crippen LogP contribution in [0.25, 0.3) is 10.9 Å². The predicted octanol–water partition coefficient (Wildman–Crippen LogP) is 2.81. The fourth-order valence-electron chi connectivity index (χ4n) is 1.66. The number of aliphatic carboxylic acids is 1. The number of pyridine rings is 1. The summed E-state index contributed by atoms with van der Waals surface area (Å²) in [5, 5.41) is 9.65. The molecule has 0 aliphatic carbocycles. The molecule has 0 saturated carbocycles. The van der Waals surface area contributed by atoms with Crippen molar-refractivity contribution in [1.82, 2.24) is 4.98 Å². The van der Waals surface area contributed by atoms with Crippen LogP contribution >= 0.6 is 11.8 Å². The largest absolute Gasteiger partial charge is 0.492 e. The maximum atomic E-state index is 10.6. The van der Waals surface area contributed by atoms with Crippen molar-refractivity contribution in [2.24, 2.45) is 0 Å². The minimum Gasteiger partial charge on any atom is -0.492 e. The Morgan fingerprint density at radius 3 is 3.00 bits per heavy atom. The zero-order valence-electron chi connectivity index (χ0n) is 9.92. The number of aromatic nitrogens is 1. The Balaban J connectivity index is 2.42. The van der Waals surface area contributed by atoms with Gasteiger partial charge in [0, 0.05) is 16.5 Å². The van der Waals surface area contributed by atoms with Crippen molar-refractivity contribution in [2.75, 3.05) is 12.4 Å². The minimum atomic E-state index is -0.828. The van der Waals surface area contributed by atoms with Gasteiger partial charge in [0.25, 0.3) is 0 Å². The molecular formula is C13H13NO3S. The quantitative estimate of drug-likeness (QED) is 0.840.